The van der Waals surface area contributed by atoms with Crippen LogP contribution in [-0.2, 0) is 11.2 Å². The second-order valence-electron chi connectivity index (χ2n) is 7.11. The van der Waals surface area contributed by atoms with Gasteiger partial charge in [0.2, 0.25) is 0 Å². The molecule has 3 rings (SSSR count). The van der Waals surface area contributed by atoms with Crippen LogP contribution < -0.4 is 10.5 Å². The Morgan fingerprint density at radius 1 is 1.16 bits per heavy atom. The lowest BCUT2D eigenvalue weighted by Crippen LogP contribution is -2.36. The molecule has 3 aromatic rings. The quantitative estimate of drug-likeness (QED) is 0.480. The summed E-state index contributed by atoms with van der Waals surface area (Å²) in [5.74, 6) is -3.60. The molecular formula is C23H21ClF2N2O3. The SMILES string of the molecule is CC[C@H](C(=O)O)C(N)Cc1cccc(-c2ccc(Oc3ncc(Cl)cc3F)c(F)c2)c1. The maximum Gasteiger partial charge on any atom is 0.308 e. The Morgan fingerprint density at radius 2 is 1.90 bits per heavy atom. The number of ether oxygens (including phenoxy) is 1. The van der Waals surface area contributed by atoms with Gasteiger partial charge in [0.1, 0.15) is 0 Å². The summed E-state index contributed by atoms with van der Waals surface area (Å²) in [6, 6.07) is 12.1. The lowest BCUT2D eigenvalue weighted by molar-refractivity contribution is -0.142. The van der Waals surface area contributed by atoms with Crippen LogP contribution in [0.1, 0.15) is 18.9 Å². The van der Waals surface area contributed by atoms with E-state index in [2.05, 4.69) is 4.98 Å². The second-order valence-corrected chi connectivity index (χ2v) is 7.55. The highest BCUT2D eigenvalue weighted by molar-refractivity contribution is 6.30. The molecule has 0 aliphatic rings. The van der Waals surface area contributed by atoms with Crippen LogP contribution in [-0.4, -0.2) is 22.1 Å². The van der Waals surface area contributed by atoms with Crippen LogP contribution in [0.5, 0.6) is 11.6 Å². The normalized spacial score (nSPS) is 12.9. The number of hydrogen-bond acceptors (Lipinski definition) is 4. The van der Waals surface area contributed by atoms with Gasteiger partial charge in [0, 0.05) is 12.2 Å². The van der Waals surface area contributed by atoms with Crippen molar-refractivity contribution in [3.05, 3.63) is 76.9 Å². The van der Waals surface area contributed by atoms with Crippen molar-refractivity contribution < 1.29 is 23.4 Å². The number of pyridine rings is 1. The third-order valence-corrected chi connectivity index (χ3v) is 5.12. The number of nitrogens with two attached hydrogens (primary N) is 1. The fourth-order valence-corrected chi connectivity index (χ4v) is 3.44. The molecule has 1 unspecified atom stereocenters. The average molecular weight is 447 g/mol. The number of benzene rings is 2. The van der Waals surface area contributed by atoms with Crippen molar-refractivity contribution in [2.75, 3.05) is 0 Å². The molecule has 2 aromatic carbocycles. The molecule has 0 fully saturated rings. The molecule has 5 nitrogen and oxygen atoms in total. The number of rotatable bonds is 8. The lowest BCUT2D eigenvalue weighted by Gasteiger charge is -2.19. The fraction of sp³-hybridized carbons (Fsp3) is 0.217. The molecule has 0 aliphatic heterocycles. The Morgan fingerprint density at radius 3 is 2.55 bits per heavy atom. The maximum atomic E-state index is 14.6. The largest absolute Gasteiger partial charge is 0.481 e. The summed E-state index contributed by atoms with van der Waals surface area (Å²) in [5.41, 5.74) is 8.24. The molecular weight excluding hydrogens is 426 g/mol. The minimum absolute atomic E-state index is 0.105. The summed E-state index contributed by atoms with van der Waals surface area (Å²) in [6.07, 6.45) is 2.02. The van der Waals surface area contributed by atoms with Crippen LogP contribution >= 0.6 is 11.6 Å². The van der Waals surface area contributed by atoms with Crippen LogP contribution in [0, 0.1) is 17.6 Å². The van der Waals surface area contributed by atoms with Gasteiger partial charge in [-0.1, -0.05) is 48.9 Å². The van der Waals surface area contributed by atoms with Crippen LogP contribution in [0.4, 0.5) is 8.78 Å². The van der Waals surface area contributed by atoms with Gasteiger partial charge in [-0.05, 0) is 47.7 Å². The molecule has 1 heterocycles. The van der Waals surface area contributed by atoms with Crippen LogP contribution in [0.25, 0.3) is 11.1 Å². The maximum absolute atomic E-state index is 14.6. The molecule has 0 radical (unpaired) electrons. The molecule has 8 heteroatoms. The van der Waals surface area contributed by atoms with Gasteiger partial charge in [0.05, 0.1) is 10.9 Å². The molecule has 2 atom stereocenters. The highest BCUT2D eigenvalue weighted by Crippen LogP contribution is 2.30. The van der Waals surface area contributed by atoms with Crippen molar-refractivity contribution in [1.82, 2.24) is 4.98 Å². The van der Waals surface area contributed by atoms with Gasteiger partial charge >= 0.3 is 5.97 Å². The summed E-state index contributed by atoms with van der Waals surface area (Å²) < 4.78 is 33.7. The molecule has 0 bridgehead atoms. The molecule has 0 spiro atoms. The number of aromatic nitrogens is 1. The van der Waals surface area contributed by atoms with Gasteiger partial charge in [-0.3, -0.25) is 4.79 Å². The van der Waals surface area contributed by atoms with Crippen LogP contribution in [0.3, 0.4) is 0 Å². The van der Waals surface area contributed by atoms with Gasteiger partial charge in [0.15, 0.2) is 17.4 Å². The van der Waals surface area contributed by atoms with E-state index in [0.717, 1.165) is 17.2 Å². The summed E-state index contributed by atoms with van der Waals surface area (Å²) in [4.78, 5) is 15.0. The van der Waals surface area contributed by atoms with E-state index in [0.29, 0.717) is 18.4 Å². The smallest absolute Gasteiger partial charge is 0.308 e. The molecule has 0 aliphatic carbocycles. The Hall–Kier alpha value is -3.03. The van der Waals surface area contributed by atoms with E-state index in [9.17, 15) is 18.7 Å². The number of aliphatic carboxylic acids is 1. The van der Waals surface area contributed by atoms with E-state index < -0.39 is 29.6 Å². The Bertz CT molecular complexity index is 1090. The van der Waals surface area contributed by atoms with Gasteiger partial charge in [-0.15, -0.1) is 0 Å². The minimum Gasteiger partial charge on any atom is -0.481 e. The van der Waals surface area contributed by atoms with E-state index in [1.54, 1.807) is 25.1 Å². The number of carboxylic acids is 1. The lowest BCUT2D eigenvalue weighted by atomic mass is 9.91. The molecule has 0 saturated carbocycles. The average Bonchev–Trinajstić information content (AvgIpc) is 2.71. The number of hydrogen-bond donors (Lipinski definition) is 2. The zero-order valence-electron chi connectivity index (χ0n) is 16.7. The molecule has 3 N–H and O–H groups in total. The van der Waals surface area contributed by atoms with E-state index >= 15 is 0 Å². The second kappa shape index (κ2) is 9.85. The minimum atomic E-state index is -0.921. The first-order valence-corrected chi connectivity index (χ1v) is 10.0. The predicted octanol–water partition coefficient (Wildman–Crippen LogP) is 5.45. The van der Waals surface area contributed by atoms with Crippen molar-refractivity contribution in [2.45, 2.75) is 25.8 Å². The number of halogens is 3. The highest BCUT2D eigenvalue weighted by atomic mass is 35.5. The Balaban J connectivity index is 1.80. The van der Waals surface area contributed by atoms with Gasteiger partial charge < -0.3 is 15.6 Å². The fourth-order valence-electron chi connectivity index (χ4n) is 3.30. The van der Waals surface area contributed by atoms with E-state index in [4.69, 9.17) is 22.1 Å². The van der Waals surface area contributed by atoms with Crippen molar-refractivity contribution >= 4 is 17.6 Å². The van der Waals surface area contributed by atoms with E-state index in [1.165, 1.54) is 18.3 Å². The van der Waals surface area contributed by atoms with Gasteiger partial charge in [-0.2, -0.15) is 0 Å². The molecule has 0 amide bonds. The summed E-state index contributed by atoms with van der Waals surface area (Å²) in [7, 11) is 0. The highest BCUT2D eigenvalue weighted by Gasteiger charge is 2.23. The number of nitrogens with zero attached hydrogens (tertiary/aromatic N) is 1. The molecule has 162 valence electrons. The van der Waals surface area contributed by atoms with Crippen molar-refractivity contribution in [3.63, 3.8) is 0 Å². The first kappa shape index (κ1) is 22.7. The first-order chi connectivity index (χ1) is 14.8. The molecule has 1 aromatic heterocycles. The van der Waals surface area contributed by atoms with Crippen LogP contribution in [0.15, 0.2) is 54.7 Å². The third kappa shape index (κ3) is 5.57. The zero-order valence-corrected chi connectivity index (χ0v) is 17.4. The summed E-state index contributed by atoms with van der Waals surface area (Å²) >= 11 is 5.66. The molecule has 31 heavy (non-hydrogen) atoms. The number of carbonyl (C=O) groups is 1. The van der Waals surface area contributed by atoms with E-state index in [1.807, 2.05) is 12.1 Å². The Labute approximate surface area is 183 Å². The topological polar surface area (TPSA) is 85.4 Å². The standard InChI is InChI=1S/C23H21ClF2N2O3/c1-2-17(23(29)30)20(27)9-13-4-3-5-14(8-13)15-6-7-21(18(25)10-15)31-22-19(26)11-16(24)12-28-22/h3-8,10-12,17,20H,2,9,27H2,1H3,(H,29,30)/t17-,20?/m0/s1. The van der Waals surface area contributed by atoms with E-state index in [-0.39, 0.29) is 16.7 Å². The number of carboxylic acid groups (broad SMARTS) is 1. The van der Waals surface area contributed by atoms with Gasteiger partial charge in [-0.25, -0.2) is 13.8 Å². The molecule has 0 saturated heterocycles. The predicted molar refractivity (Wildman–Crippen MR) is 114 cm³/mol. The van der Waals surface area contributed by atoms with Crippen LogP contribution in [0.2, 0.25) is 5.02 Å². The monoisotopic (exact) mass is 446 g/mol. The van der Waals surface area contributed by atoms with Gasteiger partial charge in [0.25, 0.3) is 5.88 Å². The van der Waals surface area contributed by atoms with Crippen molar-refractivity contribution in [2.24, 2.45) is 11.7 Å². The third-order valence-electron chi connectivity index (χ3n) is 4.92. The van der Waals surface area contributed by atoms with Crippen molar-refractivity contribution in [1.29, 1.82) is 0 Å². The Kier molecular flexibility index (Phi) is 7.20. The zero-order chi connectivity index (χ0) is 22.5. The first-order valence-electron chi connectivity index (χ1n) is 9.64. The summed E-state index contributed by atoms with van der Waals surface area (Å²) in [5, 5.41) is 9.38. The van der Waals surface area contributed by atoms with Crippen molar-refractivity contribution in [3.8, 4) is 22.8 Å². The summed E-state index contributed by atoms with van der Waals surface area (Å²) in [6.45, 7) is 1.78.